The summed E-state index contributed by atoms with van der Waals surface area (Å²) in [7, 11) is 1.28. The molecule has 0 heterocycles. The molecule has 0 unspecified atom stereocenters. The summed E-state index contributed by atoms with van der Waals surface area (Å²) in [6, 6.07) is 4.35. The average molecular weight is 328 g/mol. The summed E-state index contributed by atoms with van der Waals surface area (Å²) in [5.74, 6) is -0.394. The fourth-order valence-corrected chi connectivity index (χ4v) is 2.39. The highest BCUT2D eigenvalue weighted by Crippen LogP contribution is 2.28. The number of halogens is 1. The van der Waals surface area contributed by atoms with Gasteiger partial charge in [0.2, 0.25) is 0 Å². The van der Waals surface area contributed by atoms with Gasteiger partial charge in [-0.05, 0) is 52.8 Å². The van der Waals surface area contributed by atoms with Gasteiger partial charge in [-0.2, -0.15) is 0 Å². The van der Waals surface area contributed by atoms with Crippen molar-refractivity contribution in [1.82, 2.24) is 4.90 Å². The quantitative estimate of drug-likeness (QED) is 0.783. The van der Waals surface area contributed by atoms with Crippen LogP contribution in [0.1, 0.15) is 45.0 Å². The van der Waals surface area contributed by atoms with Crippen molar-refractivity contribution in [3.8, 4) is 5.75 Å². The summed E-state index contributed by atoms with van der Waals surface area (Å²) >= 11 is 6.04. The largest absolute Gasteiger partial charge is 0.465 e. The van der Waals surface area contributed by atoms with Crippen LogP contribution in [-0.4, -0.2) is 35.7 Å². The minimum atomic E-state index is -0.523. The molecule has 0 N–H and O–H groups in total. The minimum Gasteiger partial charge on any atom is -0.465 e. The summed E-state index contributed by atoms with van der Waals surface area (Å²) in [5.41, 5.74) is -0.140. The van der Waals surface area contributed by atoms with Crippen LogP contribution in [0.25, 0.3) is 0 Å². The Labute approximate surface area is 136 Å². The van der Waals surface area contributed by atoms with Crippen LogP contribution in [0.3, 0.4) is 0 Å². The van der Waals surface area contributed by atoms with Crippen LogP contribution in [0, 0.1) is 0 Å². The third kappa shape index (κ3) is 4.37. The number of methoxy groups -OCH3 is 1. The van der Waals surface area contributed by atoms with Crippen LogP contribution in [0.4, 0.5) is 4.79 Å². The molecule has 0 aliphatic heterocycles. The number of rotatable bonds is 3. The maximum absolute atomic E-state index is 12.4. The second-order valence-electron chi connectivity index (χ2n) is 6.14. The second-order valence-corrected chi connectivity index (χ2v) is 6.55. The van der Waals surface area contributed by atoms with E-state index in [0.717, 1.165) is 0 Å². The molecule has 0 aliphatic rings. The lowest BCUT2D eigenvalue weighted by Crippen LogP contribution is -2.50. The van der Waals surface area contributed by atoms with E-state index in [1.54, 1.807) is 4.90 Å². The van der Waals surface area contributed by atoms with E-state index >= 15 is 0 Å². The molecule has 22 heavy (non-hydrogen) atoms. The van der Waals surface area contributed by atoms with Crippen molar-refractivity contribution in [1.29, 1.82) is 0 Å². The van der Waals surface area contributed by atoms with Crippen LogP contribution in [0.2, 0.25) is 5.02 Å². The molecule has 0 saturated carbocycles. The molecule has 1 rings (SSSR count). The first-order valence-corrected chi connectivity index (χ1v) is 7.34. The molecule has 0 radical (unpaired) electrons. The molecule has 1 aromatic carbocycles. The maximum Gasteiger partial charge on any atom is 0.415 e. The van der Waals surface area contributed by atoms with Crippen molar-refractivity contribution >= 4 is 23.7 Å². The van der Waals surface area contributed by atoms with E-state index in [4.69, 9.17) is 16.3 Å². The second kappa shape index (κ2) is 7.01. The van der Waals surface area contributed by atoms with Crippen molar-refractivity contribution in [3.05, 3.63) is 28.8 Å². The predicted octanol–water partition coefficient (Wildman–Crippen LogP) is 4.13. The van der Waals surface area contributed by atoms with Gasteiger partial charge in [-0.15, -0.1) is 0 Å². The van der Waals surface area contributed by atoms with Crippen LogP contribution in [0.5, 0.6) is 5.75 Å². The fourth-order valence-electron chi connectivity index (χ4n) is 2.23. The number of hydrogen-bond donors (Lipinski definition) is 0. The summed E-state index contributed by atoms with van der Waals surface area (Å²) < 4.78 is 10.0. The van der Waals surface area contributed by atoms with Gasteiger partial charge in [0.15, 0.2) is 5.75 Å². The van der Waals surface area contributed by atoms with E-state index in [2.05, 4.69) is 4.74 Å². The fraction of sp³-hybridized carbons (Fsp3) is 0.500. The zero-order valence-corrected chi connectivity index (χ0v) is 14.5. The van der Waals surface area contributed by atoms with Gasteiger partial charge in [-0.3, -0.25) is 0 Å². The van der Waals surface area contributed by atoms with Crippen LogP contribution >= 0.6 is 11.6 Å². The highest BCUT2D eigenvalue weighted by atomic mass is 35.5. The Bertz CT molecular complexity index is 564. The molecule has 0 atom stereocenters. The van der Waals surface area contributed by atoms with E-state index < -0.39 is 17.6 Å². The average Bonchev–Trinajstić information content (AvgIpc) is 2.38. The molecule has 0 fully saturated rings. The number of carbonyl (C=O) groups excluding carboxylic acids is 2. The van der Waals surface area contributed by atoms with Gasteiger partial charge >= 0.3 is 12.1 Å². The first-order chi connectivity index (χ1) is 10.1. The first-order valence-electron chi connectivity index (χ1n) is 6.97. The van der Waals surface area contributed by atoms with Gasteiger partial charge in [-0.25, -0.2) is 9.59 Å². The molecule has 1 amide bonds. The number of amides is 1. The number of hydrogen-bond acceptors (Lipinski definition) is 4. The number of nitrogens with zero attached hydrogens (tertiary/aromatic N) is 1. The standard InChI is InChI=1S/C16H22ClNO4/c1-10(2)18(16(3,4)5)15(20)22-13-9-11(14(19)21-6)7-8-12(13)17/h7-10H,1-6H3. The van der Waals surface area contributed by atoms with E-state index in [9.17, 15) is 9.59 Å². The monoisotopic (exact) mass is 327 g/mol. The van der Waals surface area contributed by atoms with Crippen molar-refractivity contribution < 1.29 is 19.1 Å². The number of carbonyl (C=O) groups is 2. The third-order valence-corrected chi connectivity index (χ3v) is 3.30. The maximum atomic E-state index is 12.4. The van der Waals surface area contributed by atoms with Crippen molar-refractivity contribution in [2.24, 2.45) is 0 Å². The Balaban J connectivity index is 3.07. The molecule has 0 aromatic heterocycles. The first kappa shape index (κ1) is 18.3. The van der Waals surface area contributed by atoms with Crippen LogP contribution < -0.4 is 4.74 Å². The Morgan fingerprint density at radius 2 is 1.82 bits per heavy atom. The highest BCUT2D eigenvalue weighted by molar-refractivity contribution is 6.32. The molecule has 1 aromatic rings. The van der Waals surface area contributed by atoms with Crippen LogP contribution in [0.15, 0.2) is 18.2 Å². The Morgan fingerprint density at radius 1 is 1.23 bits per heavy atom. The van der Waals surface area contributed by atoms with Gasteiger partial charge in [0.1, 0.15) is 0 Å². The van der Waals surface area contributed by atoms with Crippen molar-refractivity contribution in [3.63, 3.8) is 0 Å². The number of ether oxygens (including phenoxy) is 2. The summed E-state index contributed by atoms with van der Waals surface area (Å²) in [4.78, 5) is 25.6. The summed E-state index contributed by atoms with van der Waals surface area (Å²) in [6.07, 6.45) is -0.522. The van der Waals surface area contributed by atoms with Crippen molar-refractivity contribution in [2.45, 2.75) is 46.2 Å². The molecule has 0 spiro atoms. The van der Waals surface area contributed by atoms with Gasteiger partial charge in [0, 0.05) is 11.6 Å². The van der Waals surface area contributed by atoms with E-state index in [-0.39, 0.29) is 22.4 Å². The van der Waals surface area contributed by atoms with Gasteiger partial charge in [0.05, 0.1) is 17.7 Å². The molecule has 122 valence electrons. The molecular formula is C16H22ClNO4. The van der Waals surface area contributed by atoms with Gasteiger partial charge in [0.25, 0.3) is 0 Å². The molecule has 0 aliphatic carbocycles. The third-order valence-electron chi connectivity index (χ3n) is 2.99. The topological polar surface area (TPSA) is 55.8 Å². The molecule has 0 saturated heterocycles. The lowest BCUT2D eigenvalue weighted by molar-refractivity contribution is 0.0598. The highest BCUT2D eigenvalue weighted by Gasteiger charge is 2.31. The van der Waals surface area contributed by atoms with Crippen molar-refractivity contribution in [2.75, 3.05) is 7.11 Å². The molecular weight excluding hydrogens is 306 g/mol. The lowest BCUT2D eigenvalue weighted by Gasteiger charge is -2.37. The number of esters is 1. The smallest absolute Gasteiger partial charge is 0.415 e. The minimum absolute atomic E-state index is 0.0462. The van der Waals surface area contributed by atoms with Crippen LogP contribution in [-0.2, 0) is 4.74 Å². The van der Waals surface area contributed by atoms with E-state index in [0.29, 0.717) is 0 Å². The molecule has 6 heteroatoms. The molecule has 5 nitrogen and oxygen atoms in total. The van der Waals surface area contributed by atoms with E-state index in [1.165, 1.54) is 25.3 Å². The SMILES string of the molecule is COC(=O)c1ccc(Cl)c(OC(=O)N(C(C)C)C(C)(C)C)c1. The van der Waals surface area contributed by atoms with Gasteiger partial charge in [-0.1, -0.05) is 11.6 Å². The Kier molecular flexibility index (Phi) is 5.83. The zero-order valence-electron chi connectivity index (χ0n) is 13.8. The molecule has 0 bridgehead atoms. The lowest BCUT2D eigenvalue weighted by atomic mass is 10.0. The normalized spacial score (nSPS) is 11.3. The Morgan fingerprint density at radius 3 is 2.27 bits per heavy atom. The number of benzene rings is 1. The zero-order chi connectivity index (χ0) is 17.1. The predicted molar refractivity (Wildman–Crippen MR) is 85.5 cm³/mol. The Hall–Kier alpha value is -1.75. The summed E-state index contributed by atoms with van der Waals surface area (Å²) in [5, 5.41) is 0.249. The van der Waals surface area contributed by atoms with Gasteiger partial charge < -0.3 is 14.4 Å². The van der Waals surface area contributed by atoms with E-state index in [1.807, 2.05) is 34.6 Å². The summed E-state index contributed by atoms with van der Waals surface area (Å²) in [6.45, 7) is 9.56.